The predicted molar refractivity (Wildman–Crippen MR) is 133 cm³/mol. The third-order valence-electron chi connectivity index (χ3n) is 5.64. The van der Waals surface area contributed by atoms with Crippen LogP contribution in [0.4, 0.5) is 11.5 Å². The minimum atomic E-state index is -0.253. The lowest BCUT2D eigenvalue weighted by Crippen LogP contribution is -2.19. The first-order chi connectivity index (χ1) is 16.6. The molecule has 2 heterocycles. The monoisotopic (exact) mass is 460 g/mol. The maximum atomic E-state index is 12.4. The minimum absolute atomic E-state index is 0.253. The number of anilines is 2. The molecule has 3 aromatic rings. The third kappa shape index (κ3) is 5.28. The van der Waals surface area contributed by atoms with Crippen molar-refractivity contribution in [2.24, 2.45) is 0 Å². The average molecular weight is 461 g/mol. The van der Waals surface area contributed by atoms with Crippen LogP contribution in [0.15, 0.2) is 54.6 Å². The van der Waals surface area contributed by atoms with Gasteiger partial charge in [-0.05, 0) is 60.9 Å². The highest BCUT2D eigenvalue weighted by molar-refractivity contribution is 6.02. The Kier molecular flexibility index (Phi) is 7.27. The number of aromatic nitrogens is 2. The van der Waals surface area contributed by atoms with E-state index in [1.807, 2.05) is 36.4 Å². The van der Waals surface area contributed by atoms with Crippen molar-refractivity contribution in [3.63, 3.8) is 0 Å². The Labute approximate surface area is 199 Å². The summed E-state index contributed by atoms with van der Waals surface area (Å²) in [5, 5.41) is 11.6. The summed E-state index contributed by atoms with van der Waals surface area (Å²) in [6, 6.07) is 15.1. The first kappa shape index (κ1) is 23.1. The van der Waals surface area contributed by atoms with Crippen LogP contribution < -0.4 is 24.4 Å². The number of benzene rings is 2. The Morgan fingerprint density at radius 1 is 0.912 bits per heavy atom. The van der Waals surface area contributed by atoms with Crippen LogP contribution in [0.5, 0.6) is 17.2 Å². The molecule has 34 heavy (non-hydrogen) atoms. The fourth-order valence-electron chi connectivity index (χ4n) is 3.87. The zero-order valence-corrected chi connectivity index (χ0v) is 19.6. The molecule has 1 N–H and O–H groups in total. The van der Waals surface area contributed by atoms with E-state index in [2.05, 4.69) is 20.4 Å². The van der Waals surface area contributed by atoms with E-state index in [0.717, 1.165) is 35.7 Å². The number of hydrogen-bond acceptors (Lipinski definition) is 7. The van der Waals surface area contributed by atoms with Gasteiger partial charge in [0.1, 0.15) is 0 Å². The summed E-state index contributed by atoms with van der Waals surface area (Å²) in [4.78, 5) is 14.7. The highest BCUT2D eigenvalue weighted by Gasteiger charge is 2.14. The number of nitrogens with one attached hydrogen (secondary N) is 1. The van der Waals surface area contributed by atoms with Gasteiger partial charge in [0, 0.05) is 30.4 Å². The molecule has 1 amide bonds. The molecular formula is C26H28N4O4. The third-order valence-corrected chi connectivity index (χ3v) is 5.64. The van der Waals surface area contributed by atoms with Gasteiger partial charge >= 0.3 is 0 Å². The summed E-state index contributed by atoms with van der Waals surface area (Å²) >= 11 is 0. The van der Waals surface area contributed by atoms with Gasteiger partial charge in [0.2, 0.25) is 11.7 Å². The molecule has 8 heteroatoms. The lowest BCUT2D eigenvalue weighted by Gasteiger charge is -2.15. The Morgan fingerprint density at radius 3 is 2.15 bits per heavy atom. The van der Waals surface area contributed by atoms with E-state index in [9.17, 15) is 4.79 Å². The quantitative estimate of drug-likeness (QED) is 0.498. The van der Waals surface area contributed by atoms with Crippen molar-refractivity contribution in [2.45, 2.75) is 12.8 Å². The highest BCUT2D eigenvalue weighted by atomic mass is 16.5. The van der Waals surface area contributed by atoms with Gasteiger partial charge < -0.3 is 24.4 Å². The van der Waals surface area contributed by atoms with Crippen LogP contribution in [0, 0.1) is 0 Å². The fourth-order valence-corrected chi connectivity index (χ4v) is 3.87. The summed E-state index contributed by atoms with van der Waals surface area (Å²) in [5.41, 5.74) is 3.16. The number of methoxy groups -OCH3 is 3. The molecule has 0 spiro atoms. The van der Waals surface area contributed by atoms with Gasteiger partial charge in [-0.3, -0.25) is 4.79 Å². The number of ether oxygens (including phenoxy) is 3. The van der Waals surface area contributed by atoms with E-state index in [1.54, 1.807) is 39.5 Å². The molecule has 8 nitrogen and oxygen atoms in total. The van der Waals surface area contributed by atoms with Crippen LogP contribution in [-0.4, -0.2) is 50.5 Å². The zero-order valence-electron chi connectivity index (χ0n) is 19.6. The van der Waals surface area contributed by atoms with E-state index < -0.39 is 0 Å². The molecule has 1 fully saturated rings. The molecular weight excluding hydrogens is 432 g/mol. The molecule has 1 aromatic heterocycles. The summed E-state index contributed by atoms with van der Waals surface area (Å²) in [6.07, 6.45) is 5.55. The standard InChI is InChI=1S/C26H28N4O4/c1-32-22-16-18(17-23(33-2)26(22)34-3)6-13-25(31)27-20-9-7-19(8-10-20)21-11-12-24(29-28-21)30-14-4-5-15-30/h6-13,16-17H,4-5,14-15H2,1-3H3,(H,27,31)/b13-6+. The normalized spacial score (nSPS) is 13.2. The summed E-state index contributed by atoms with van der Waals surface area (Å²) < 4.78 is 16.0. The van der Waals surface area contributed by atoms with Crippen LogP contribution in [0.25, 0.3) is 17.3 Å². The molecule has 4 rings (SSSR count). The maximum Gasteiger partial charge on any atom is 0.248 e. The molecule has 0 saturated carbocycles. The molecule has 0 bridgehead atoms. The second kappa shape index (κ2) is 10.7. The predicted octanol–water partition coefficient (Wildman–Crippen LogP) is 4.42. The largest absolute Gasteiger partial charge is 0.493 e. The minimum Gasteiger partial charge on any atom is -0.493 e. The molecule has 0 aliphatic carbocycles. The van der Waals surface area contributed by atoms with E-state index in [-0.39, 0.29) is 5.91 Å². The maximum absolute atomic E-state index is 12.4. The summed E-state index contributed by atoms with van der Waals surface area (Å²) in [6.45, 7) is 2.08. The molecule has 0 unspecified atom stereocenters. The van der Waals surface area contributed by atoms with Crippen molar-refractivity contribution in [3.05, 3.63) is 60.2 Å². The molecule has 1 saturated heterocycles. The van der Waals surface area contributed by atoms with Gasteiger partial charge in [-0.25, -0.2) is 0 Å². The van der Waals surface area contributed by atoms with Crippen molar-refractivity contribution in [1.29, 1.82) is 0 Å². The SMILES string of the molecule is COc1cc(/C=C/C(=O)Nc2ccc(-c3ccc(N4CCCC4)nn3)cc2)cc(OC)c1OC. The van der Waals surface area contributed by atoms with Crippen molar-refractivity contribution in [2.75, 3.05) is 44.6 Å². The van der Waals surface area contributed by atoms with Gasteiger partial charge in [0.15, 0.2) is 17.3 Å². The fraction of sp³-hybridized carbons (Fsp3) is 0.269. The number of hydrogen-bond donors (Lipinski definition) is 1. The van der Waals surface area contributed by atoms with Gasteiger partial charge in [0.25, 0.3) is 0 Å². The smallest absolute Gasteiger partial charge is 0.248 e. The van der Waals surface area contributed by atoms with Gasteiger partial charge in [-0.1, -0.05) is 12.1 Å². The van der Waals surface area contributed by atoms with Crippen molar-refractivity contribution < 1.29 is 19.0 Å². The second-order valence-electron chi connectivity index (χ2n) is 7.83. The lowest BCUT2D eigenvalue weighted by atomic mass is 10.1. The number of carbonyl (C=O) groups excluding carboxylic acids is 1. The summed E-state index contributed by atoms with van der Waals surface area (Å²) in [5.74, 6) is 2.21. The number of rotatable bonds is 8. The van der Waals surface area contributed by atoms with Crippen LogP contribution in [0.1, 0.15) is 18.4 Å². The van der Waals surface area contributed by atoms with Crippen LogP contribution in [0.2, 0.25) is 0 Å². The van der Waals surface area contributed by atoms with Crippen molar-refractivity contribution in [3.8, 4) is 28.5 Å². The highest BCUT2D eigenvalue weighted by Crippen LogP contribution is 2.38. The van der Waals surface area contributed by atoms with Crippen molar-refractivity contribution >= 4 is 23.5 Å². The van der Waals surface area contributed by atoms with Gasteiger partial charge in [-0.2, -0.15) is 0 Å². The summed E-state index contributed by atoms with van der Waals surface area (Å²) in [7, 11) is 4.65. The lowest BCUT2D eigenvalue weighted by molar-refractivity contribution is -0.111. The Balaban J connectivity index is 1.39. The van der Waals surface area contributed by atoms with Crippen molar-refractivity contribution in [1.82, 2.24) is 10.2 Å². The van der Waals surface area contributed by atoms with Gasteiger partial charge in [-0.15, -0.1) is 10.2 Å². The molecule has 1 aliphatic rings. The first-order valence-corrected chi connectivity index (χ1v) is 11.1. The number of amides is 1. The molecule has 2 aromatic carbocycles. The topological polar surface area (TPSA) is 85.8 Å². The van der Waals surface area contributed by atoms with Crippen LogP contribution >= 0.6 is 0 Å². The first-order valence-electron chi connectivity index (χ1n) is 11.1. The number of carbonyl (C=O) groups is 1. The second-order valence-corrected chi connectivity index (χ2v) is 7.83. The Hall–Kier alpha value is -4.07. The zero-order chi connectivity index (χ0) is 23.9. The Morgan fingerprint density at radius 2 is 1.59 bits per heavy atom. The van der Waals surface area contributed by atoms with Gasteiger partial charge in [0.05, 0.1) is 27.0 Å². The Bertz CT molecular complexity index is 1130. The molecule has 0 atom stereocenters. The molecule has 0 radical (unpaired) electrons. The van der Waals surface area contributed by atoms with E-state index in [4.69, 9.17) is 14.2 Å². The van der Waals surface area contributed by atoms with E-state index >= 15 is 0 Å². The van der Waals surface area contributed by atoms with E-state index in [1.165, 1.54) is 18.9 Å². The number of nitrogens with zero attached hydrogens (tertiary/aromatic N) is 3. The molecule has 1 aliphatic heterocycles. The molecule has 176 valence electrons. The van der Waals surface area contributed by atoms with Crippen LogP contribution in [0.3, 0.4) is 0 Å². The van der Waals surface area contributed by atoms with Crippen LogP contribution in [-0.2, 0) is 4.79 Å². The average Bonchev–Trinajstić information content (AvgIpc) is 3.42. The van der Waals surface area contributed by atoms with E-state index in [0.29, 0.717) is 22.9 Å².